The molecule has 0 spiro atoms. The van der Waals surface area contributed by atoms with Gasteiger partial charge in [0.25, 0.3) is 5.91 Å². The van der Waals surface area contributed by atoms with E-state index in [0.717, 1.165) is 25.8 Å². The van der Waals surface area contributed by atoms with E-state index in [2.05, 4.69) is 12.2 Å². The molecule has 1 saturated heterocycles. The van der Waals surface area contributed by atoms with Crippen molar-refractivity contribution in [3.63, 3.8) is 0 Å². The molecule has 1 fully saturated rings. The molecule has 0 bridgehead atoms. The number of carbonyl (C=O) groups excluding carboxylic acids is 2. The van der Waals surface area contributed by atoms with Crippen molar-refractivity contribution >= 4 is 11.8 Å². The highest BCUT2D eigenvalue weighted by molar-refractivity contribution is 5.91. The van der Waals surface area contributed by atoms with Crippen molar-refractivity contribution in [1.29, 1.82) is 0 Å². The fourth-order valence-corrected chi connectivity index (χ4v) is 3.13. The third-order valence-electron chi connectivity index (χ3n) is 4.45. The zero-order chi connectivity index (χ0) is 15.9. The largest absolute Gasteiger partial charge is 0.459 e. The number of amides is 2. The topological polar surface area (TPSA) is 62.6 Å². The molecule has 2 atom stereocenters. The monoisotopic (exact) mass is 306 g/mol. The van der Waals surface area contributed by atoms with Crippen LogP contribution >= 0.6 is 0 Å². The van der Waals surface area contributed by atoms with Crippen molar-refractivity contribution in [3.8, 4) is 0 Å². The van der Waals surface area contributed by atoms with Crippen LogP contribution in [0.15, 0.2) is 22.8 Å². The minimum absolute atomic E-state index is 0.0441. The smallest absolute Gasteiger partial charge is 0.289 e. The molecule has 0 unspecified atom stereocenters. The van der Waals surface area contributed by atoms with Gasteiger partial charge in [0.1, 0.15) is 0 Å². The molecule has 1 aliphatic rings. The summed E-state index contributed by atoms with van der Waals surface area (Å²) in [5.41, 5.74) is 0. The molecule has 1 N–H and O–H groups in total. The Morgan fingerprint density at radius 3 is 2.82 bits per heavy atom. The Hall–Kier alpha value is -1.78. The van der Waals surface area contributed by atoms with Crippen molar-refractivity contribution in [1.82, 2.24) is 10.2 Å². The first-order valence-electron chi connectivity index (χ1n) is 8.25. The van der Waals surface area contributed by atoms with Gasteiger partial charge >= 0.3 is 0 Å². The van der Waals surface area contributed by atoms with Gasteiger partial charge in [0, 0.05) is 26.1 Å². The van der Waals surface area contributed by atoms with E-state index < -0.39 is 0 Å². The first-order chi connectivity index (χ1) is 10.7. The Bertz CT molecular complexity index is 484. The molecular formula is C17H26N2O3. The molecular weight excluding hydrogens is 280 g/mol. The van der Waals surface area contributed by atoms with Gasteiger partial charge in [0.05, 0.1) is 6.26 Å². The van der Waals surface area contributed by atoms with Crippen LogP contribution in [0.3, 0.4) is 0 Å². The van der Waals surface area contributed by atoms with E-state index in [4.69, 9.17) is 4.42 Å². The summed E-state index contributed by atoms with van der Waals surface area (Å²) in [6, 6.07) is 3.43. The van der Waals surface area contributed by atoms with E-state index in [-0.39, 0.29) is 11.8 Å². The standard InChI is InChI=1S/C17H26N2O3/c1-3-8-18-16(20)11-14-7-9-19(12-13(14)4-2)17(21)15-6-5-10-22-15/h5-6,10,13-14H,3-4,7-9,11-12H2,1-2H3,(H,18,20)/t13-,14+/m0/s1. The van der Waals surface area contributed by atoms with Gasteiger partial charge in [-0.25, -0.2) is 0 Å². The number of furan rings is 1. The average molecular weight is 306 g/mol. The van der Waals surface area contributed by atoms with Crippen molar-refractivity contribution in [3.05, 3.63) is 24.2 Å². The molecule has 5 nitrogen and oxygen atoms in total. The Kier molecular flexibility index (Phi) is 6.04. The molecule has 22 heavy (non-hydrogen) atoms. The normalized spacial score (nSPS) is 21.6. The highest BCUT2D eigenvalue weighted by Crippen LogP contribution is 2.29. The molecule has 1 aromatic rings. The van der Waals surface area contributed by atoms with Crippen molar-refractivity contribution in [2.75, 3.05) is 19.6 Å². The molecule has 2 rings (SSSR count). The molecule has 0 aromatic carbocycles. The number of piperidine rings is 1. The number of carbonyl (C=O) groups is 2. The highest BCUT2D eigenvalue weighted by atomic mass is 16.3. The first-order valence-corrected chi connectivity index (χ1v) is 8.25. The van der Waals surface area contributed by atoms with Crippen LogP contribution in [0, 0.1) is 11.8 Å². The van der Waals surface area contributed by atoms with E-state index in [1.807, 2.05) is 11.8 Å². The summed E-state index contributed by atoms with van der Waals surface area (Å²) in [6.07, 6.45) is 4.91. The third kappa shape index (κ3) is 4.12. The van der Waals surface area contributed by atoms with Crippen LogP contribution in [0.1, 0.15) is 50.1 Å². The molecule has 0 radical (unpaired) electrons. The van der Waals surface area contributed by atoms with Gasteiger partial charge in [0.15, 0.2) is 5.76 Å². The number of hydrogen-bond acceptors (Lipinski definition) is 3. The lowest BCUT2D eigenvalue weighted by Gasteiger charge is -2.37. The first kappa shape index (κ1) is 16.6. The van der Waals surface area contributed by atoms with Crippen LogP contribution in [-0.4, -0.2) is 36.3 Å². The van der Waals surface area contributed by atoms with E-state index in [1.165, 1.54) is 6.26 Å². The molecule has 1 aromatic heterocycles. The molecule has 122 valence electrons. The number of rotatable bonds is 6. The summed E-state index contributed by atoms with van der Waals surface area (Å²) in [5, 5.41) is 2.95. The van der Waals surface area contributed by atoms with Gasteiger partial charge in [-0.15, -0.1) is 0 Å². The third-order valence-corrected chi connectivity index (χ3v) is 4.45. The molecule has 5 heteroatoms. The Labute approximate surface area is 132 Å². The fraction of sp³-hybridized carbons (Fsp3) is 0.647. The second-order valence-corrected chi connectivity index (χ2v) is 6.00. The molecule has 0 aliphatic carbocycles. The summed E-state index contributed by atoms with van der Waals surface area (Å²) in [4.78, 5) is 26.1. The summed E-state index contributed by atoms with van der Waals surface area (Å²) in [5.74, 6) is 1.23. The van der Waals surface area contributed by atoms with E-state index in [0.29, 0.717) is 37.1 Å². The van der Waals surface area contributed by atoms with E-state index in [1.54, 1.807) is 12.1 Å². The Morgan fingerprint density at radius 1 is 1.36 bits per heavy atom. The van der Waals surface area contributed by atoms with Crippen molar-refractivity contribution in [2.24, 2.45) is 11.8 Å². The Balaban J connectivity index is 1.90. The van der Waals surface area contributed by atoms with Crippen LogP contribution in [0.4, 0.5) is 0 Å². The highest BCUT2D eigenvalue weighted by Gasteiger charge is 2.32. The van der Waals surface area contributed by atoms with Gasteiger partial charge in [-0.05, 0) is 36.8 Å². The number of nitrogens with one attached hydrogen (secondary N) is 1. The quantitative estimate of drug-likeness (QED) is 0.879. The van der Waals surface area contributed by atoms with Crippen LogP contribution in [0.25, 0.3) is 0 Å². The SMILES string of the molecule is CCCNC(=O)C[C@H]1CCN(C(=O)c2ccco2)C[C@@H]1CC. The lowest BCUT2D eigenvalue weighted by atomic mass is 9.81. The molecule has 2 heterocycles. The van der Waals surface area contributed by atoms with Gasteiger partial charge in [-0.3, -0.25) is 9.59 Å². The van der Waals surface area contributed by atoms with Gasteiger partial charge in [0.2, 0.25) is 5.91 Å². The van der Waals surface area contributed by atoms with E-state index in [9.17, 15) is 9.59 Å². The second-order valence-electron chi connectivity index (χ2n) is 6.00. The minimum atomic E-state index is -0.0441. The van der Waals surface area contributed by atoms with Gasteiger partial charge in [-0.2, -0.15) is 0 Å². The molecule has 1 aliphatic heterocycles. The lowest BCUT2D eigenvalue weighted by Crippen LogP contribution is -2.44. The average Bonchev–Trinajstić information content (AvgIpc) is 3.07. The Morgan fingerprint density at radius 2 is 2.18 bits per heavy atom. The minimum Gasteiger partial charge on any atom is -0.459 e. The predicted octanol–water partition coefficient (Wildman–Crippen LogP) is 2.68. The van der Waals surface area contributed by atoms with Crippen molar-refractivity contribution in [2.45, 2.75) is 39.5 Å². The summed E-state index contributed by atoms with van der Waals surface area (Å²) >= 11 is 0. The maximum atomic E-state index is 12.3. The summed E-state index contributed by atoms with van der Waals surface area (Å²) in [7, 11) is 0. The maximum absolute atomic E-state index is 12.3. The van der Waals surface area contributed by atoms with Crippen LogP contribution in [0.5, 0.6) is 0 Å². The molecule has 2 amide bonds. The number of nitrogens with zero attached hydrogens (tertiary/aromatic N) is 1. The predicted molar refractivity (Wildman–Crippen MR) is 84.4 cm³/mol. The fourth-order valence-electron chi connectivity index (χ4n) is 3.13. The zero-order valence-corrected chi connectivity index (χ0v) is 13.5. The van der Waals surface area contributed by atoms with Crippen LogP contribution in [0.2, 0.25) is 0 Å². The van der Waals surface area contributed by atoms with Gasteiger partial charge in [-0.1, -0.05) is 20.3 Å². The summed E-state index contributed by atoms with van der Waals surface area (Å²) < 4.78 is 5.20. The summed E-state index contributed by atoms with van der Waals surface area (Å²) in [6.45, 7) is 6.32. The second kappa shape index (κ2) is 8.01. The van der Waals surface area contributed by atoms with Crippen LogP contribution in [-0.2, 0) is 4.79 Å². The van der Waals surface area contributed by atoms with E-state index >= 15 is 0 Å². The van der Waals surface area contributed by atoms with Crippen molar-refractivity contribution < 1.29 is 14.0 Å². The zero-order valence-electron chi connectivity index (χ0n) is 13.5. The number of likely N-dealkylation sites (tertiary alicyclic amines) is 1. The van der Waals surface area contributed by atoms with Gasteiger partial charge < -0.3 is 14.6 Å². The van der Waals surface area contributed by atoms with Crippen LogP contribution < -0.4 is 5.32 Å². The maximum Gasteiger partial charge on any atom is 0.289 e. The number of hydrogen-bond donors (Lipinski definition) is 1. The molecule has 0 saturated carbocycles. The lowest BCUT2D eigenvalue weighted by molar-refractivity contribution is -0.122.